The van der Waals surface area contributed by atoms with Crippen molar-refractivity contribution < 1.29 is 19.1 Å². The zero-order valence-corrected chi connectivity index (χ0v) is 17.0. The minimum absolute atomic E-state index is 0.143. The van der Waals surface area contributed by atoms with Gasteiger partial charge >= 0.3 is 6.03 Å². The highest BCUT2D eigenvalue weighted by atomic mass is 16.5. The second kappa shape index (κ2) is 8.61. The van der Waals surface area contributed by atoms with Gasteiger partial charge in [-0.1, -0.05) is 36.4 Å². The Kier molecular flexibility index (Phi) is 6.17. The van der Waals surface area contributed by atoms with Gasteiger partial charge in [-0.3, -0.25) is 14.5 Å². The Bertz CT molecular complexity index is 927. The molecule has 154 valence electrons. The van der Waals surface area contributed by atoms with E-state index in [-0.39, 0.29) is 18.6 Å². The molecule has 1 fully saturated rings. The number of carbonyl (C=O) groups excluding carboxylic acids is 3. The molecule has 1 aliphatic rings. The van der Waals surface area contributed by atoms with Crippen LogP contribution in [0.5, 0.6) is 0 Å². The van der Waals surface area contributed by atoms with E-state index in [1.54, 1.807) is 6.92 Å². The van der Waals surface area contributed by atoms with Crippen LogP contribution in [0.4, 0.5) is 4.79 Å². The Labute approximate surface area is 170 Å². The van der Waals surface area contributed by atoms with Crippen LogP contribution >= 0.6 is 0 Å². The molecule has 2 aromatic rings. The van der Waals surface area contributed by atoms with Crippen molar-refractivity contribution in [3.05, 3.63) is 48.0 Å². The van der Waals surface area contributed by atoms with Gasteiger partial charge in [0, 0.05) is 13.2 Å². The van der Waals surface area contributed by atoms with Crippen molar-refractivity contribution in [3.8, 4) is 0 Å². The van der Waals surface area contributed by atoms with Crippen LogP contribution in [-0.4, -0.2) is 48.5 Å². The number of urea groups is 1. The highest BCUT2D eigenvalue weighted by molar-refractivity contribution is 6.09. The maximum absolute atomic E-state index is 13.0. The second-order valence-electron chi connectivity index (χ2n) is 7.63. The van der Waals surface area contributed by atoms with Crippen LogP contribution in [0.1, 0.15) is 32.8 Å². The van der Waals surface area contributed by atoms with Gasteiger partial charge < -0.3 is 15.4 Å². The van der Waals surface area contributed by atoms with Gasteiger partial charge in [-0.15, -0.1) is 0 Å². The average molecular weight is 397 g/mol. The van der Waals surface area contributed by atoms with Crippen molar-refractivity contribution >= 4 is 28.6 Å². The van der Waals surface area contributed by atoms with E-state index in [2.05, 4.69) is 10.6 Å². The van der Waals surface area contributed by atoms with Gasteiger partial charge in [0.05, 0.1) is 6.10 Å². The van der Waals surface area contributed by atoms with Crippen LogP contribution in [0, 0.1) is 0 Å². The molecule has 1 heterocycles. The van der Waals surface area contributed by atoms with Gasteiger partial charge in [0.1, 0.15) is 12.1 Å². The van der Waals surface area contributed by atoms with E-state index in [9.17, 15) is 14.4 Å². The lowest BCUT2D eigenvalue weighted by Crippen LogP contribution is -2.43. The Hall–Kier alpha value is -2.93. The largest absolute Gasteiger partial charge is 0.379 e. The molecule has 0 aliphatic carbocycles. The standard InChI is InChI=1S/C22H27N3O4/c1-15(2)29-12-6-11-23-19(26)14-25-20(27)22(3,24-21(25)28)18-10-9-16-7-4-5-8-17(16)13-18/h4-5,7-10,13,15H,6,11-12,14H2,1-3H3,(H,23,26)(H,24,28)/t22-/m1/s1. The Morgan fingerprint density at radius 1 is 1.17 bits per heavy atom. The topological polar surface area (TPSA) is 87.7 Å². The summed E-state index contributed by atoms with van der Waals surface area (Å²) in [5.74, 6) is -0.808. The van der Waals surface area contributed by atoms with Gasteiger partial charge in [0.25, 0.3) is 5.91 Å². The Morgan fingerprint density at radius 2 is 1.90 bits per heavy atom. The van der Waals surface area contributed by atoms with E-state index in [0.29, 0.717) is 25.1 Å². The predicted molar refractivity (Wildman–Crippen MR) is 110 cm³/mol. The van der Waals surface area contributed by atoms with Gasteiger partial charge in [-0.2, -0.15) is 0 Å². The number of imide groups is 1. The summed E-state index contributed by atoms with van der Waals surface area (Å²) < 4.78 is 5.42. The molecule has 7 heteroatoms. The quantitative estimate of drug-likeness (QED) is 0.529. The molecule has 3 rings (SSSR count). The molecule has 4 amide bonds. The number of fused-ring (bicyclic) bond motifs is 1. The SMILES string of the molecule is CC(C)OCCCNC(=O)CN1C(=O)N[C@](C)(c2ccc3ccccc3c2)C1=O. The number of carbonyl (C=O) groups is 3. The summed E-state index contributed by atoms with van der Waals surface area (Å²) in [4.78, 5) is 38.6. The molecule has 0 spiro atoms. The predicted octanol–water partition coefficient (Wildman–Crippen LogP) is 2.54. The molecule has 0 unspecified atom stereocenters. The lowest BCUT2D eigenvalue weighted by atomic mass is 9.90. The van der Waals surface area contributed by atoms with Gasteiger partial charge in [0.15, 0.2) is 0 Å². The third-order valence-electron chi connectivity index (χ3n) is 5.00. The summed E-state index contributed by atoms with van der Waals surface area (Å²) in [5, 5.41) is 7.50. The summed E-state index contributed by atoms with van der Waals surface area (Å²) in [5.41, 5.74) is -0.518. The fraction of sp³-hybridized carbons (Fsp3) is 0.409. The molecule has 1 saturated heterocycles. The lowest BCUT2D eigenvalue weighted by Gasteiger charge is -2.22. The summed E-state index contributed by atoms with van der Waals surface area (Å²) in [7, 11) is 0. The maximum atomic E-state index is 13.0. The molecule has 1 aliphatic heterocycles. The van der Waals surface area contributed by atoms with Gasteiger partial charge in [-0.25, -0.2) is 4.79 Å². The molecule has 0 aromatic heterocycles. The number of hydrogen-bond donors (Lipinski definition) is 2. The second-order valence-corrected chi connectivity index (χ2v) is 7.63. The first-order valence-electron chi connectivity index (χ1n) is 9.83. The smallest absolute Gasteiger partial charge is 0.325 e. The highest BCUT2D eigenvalue weighted by Gasteiger charge is 2.49. The summed E-state index contributed by atoms with van der Waals surface area (Å²) in [6.07, 6.45) is 0.809. The fourth-order valence-corrected chi connectivity index (χ4v) is 3.36. The summed E-state index contributed by atoms with van der Waals surface area (Å²) in [6.45, 7) is 6.22. The van der Waals surface area contributed by atoms with E-state index >= 15 is 0 Å². The average Bonchev–Trinajstić information content (AvgIpc) is 2.91. The van der Waals surface area contributed by atoms with Crippen LogP contribution < -0.4 is 10.6 Å². The van der Waals surface area contributed by atoms with Crippen molar-refractivity contribution in [1.82, 2.24) is 15.5 Å². The lowest BCUT2D eigenvalue weighted by molar-refractivity contribution is -0.134. The fourth-order valence-electron chi connectivity index (χ4n) is 3.36. The van der Waals surface area contributed by atoms with Gasteiger partial charge in [-0.05, 0) is 49.6 Å². The van der Waals surface area contributed by atoms with Crippen LogP contribution in [0.15, 0.2) is 42.5 Å². The van der Waals surface area contributed by atoms with Crippen LogP contribution in [-0.2, 0) is 19.9 Å². The zero-order valence-electron chi connectivity index (χ0n) is 17.0. The molecule has 0 bridgehead atoms. The van der Waals surface area contributed by atoms with E-state index in [4.69, 9.17) is 4.74 Å². The van der Waals surface area contributed by atoms with Gasteiger partial charge in [0.2, 0.25) is 5.91 Å². The summed E-state index contributed by atoms with van der Waals surface area (Å²) >= 11 is 0. The van der Waals surface area contributed by atoms with Crippen molar-refractivity contribution in [2.75, 3.05) is 19.7 Å². The van der Waals surface area contributed by atoms with Crippen molar-refractivity contribution in [2.45, 2.75) is 38.8 Å². The molecule has 2 N–H and O–H groups in total. The van der Waals surface area contributed by atoms with E-state index in [0.717, 1.165) is 15.7 Å². The molecule has 1 atom stereocenters. The molecular formula is C22H27N3O4. The molecule has 0 radical (unpaired) electrons. The number of benzene rings is 2. The van der Waals surface area contributed by atoms with E-state index in [1.807, 2.05) is 56.3 Å². The number of rotatable bonds is 8. The Morgan fingerprint density at radius 3 is 2.62 bits per heavy atom. The third-order valence-corrected chi connectivity index (χ3v) is 5.00. The Balaban J connectivity index is 1.64. The molecule has 7 nitrogen and oxygen atoms in total. The maximum Gasteiger partial charge on any atom is 0.325 e. The van der Waals surface area contributed by atoms with E-state index in [1.165, 1.54) is 0 Å². The minimum Gasteiger partial charge on any atom is -0.379 e. The van der Waals surface area contributed by atoms with Crippen LogP contribution in [0.2, 0.25) is 0 Å². The number of hydrogen-bond acceptors (Lipinski definition) is 4. The highest BCUT2D eigenvalue weighted by Crippen LogP contribution is 2.30. The number of ether oxygens (including phenoxy) is 1. The van der Waals surface area contributed by atoms with Crippen molar-refractivity contribution in [2.24, 2.45) is 0 Å². The molecular weight excluding hydrogens is 370 g/mol. The zero-order chi connectivity index (χ0) is 21.0. The third kappa shape index (κ3) is 4.56. The van der Waals surface area contributed by atoms with Crippen LogP contribution in [0.25, 0.3) is 10.8 Å². The first kappa shape index (κ1) is 20.8. The first-order valence-corrected chi connectivity index (χ1v) is 9.83. The number of amides is 4. The monoisotopic (exact) mass is 397 g/mol. The number of nitrogens with one attached hydrogen (secondary N) is 2. The summed E-state index contributed by atoms with van der Waals surface area (Å²) in [6, 6.07) is 12.9. The molecule has 0 saturated carbocycles. The number of nitrogens with zero attached hydrogens (tertiary/aromatic N) is 1. The van der Waals surface area contributed by atoms with Crippen LogP contribution in [0.3, 0.4) is 0 Å². The van der Waals surface area contributed by atoms with E-state index < -0.39 is 17.5 Å². The molecule has 29 heavy (non-hydrogen) atoms. The molecule has 2 aromatic carbocycles. The first-order chi connectivity index (χ1) is 13.8. The van der Waals surface area contributed by atoms with Crippen molar-refractivity contribution in [3.63, 3.8) is 0 Å². The minimum atomic E-state index is -1.20. The van der Waals surface area contributed by atoms with Crippen molar-refractivity contribution in [1.29, 1.82) is 0 Å². The normalized spacial score (nSPS) is 19.1.